The molecule has 0 aliphatic rings. The summed E-state index contributed by atoms with van der Waals surface area (Å²) in [5.74, 6) is 0. The molecule has 0 amide bonds. The number of nitrogens with one attached hydrogen (secondary N) is 2. The van der Waals surface area contributed by atoms with Crippen LogP contribution in [-0.4, -0.2) is 30.1 Å². The molecule has 0 saturated carbocycles. The van der Waals surface area contributed by atoms with Crippen LogP contribution in [0.15, 0.2) is 18.2 Å². The maximum absolute atomic E-state index is 9.65. The SMILES string of the molecule is CNc1ccc(C(O)CCO)cc1C=N. The first-order chi connectivity index (χ1) is 7.22. The molecule has 0 aliphatic carbocycles. The molecule has 0 bridgehead atoms. The third-order valence-electron chi connectivity index (χ3n) is 2.29. The summed E-state index contributed by atoms with van der Waals surface area (Å²) in [7, 11) is 1.78. The van der Waals surface area contributed by atoms with E-state index in [-0.39, 0.29) is 6.61 Å². The van der Waals surface area contributed by atoms with Gasteiger partial charge in [0.05, 0.1) is 6.10 Å². The molecule has 0 radical (unpaired) electrons. The van der Waals surface area contributed by atoms with E-state index in [1.165, 1.54) is 6.21 Å². The van der Waals surface area contributed by atoms with Gasteiger partial charge in [-0.2, -0.15) is 0 Å². The van der Waals surface area contributed by atoms with Gasteiger partial charge in [-0.15, -0.1) is 0 Å². The summed E-state index contributed by atoms with van der Waals surface area (Å²) in [6, 6.07) is 5.36. The molecule has 82 valence electrons. The van der Waals surface area contributed by atoms with E-state index in [0.29, 0.717) is 6.42 Å². The molecule has 0 spiro atoms. The fourth-order valence-electron chi connectivity index (χ4n) is 1.42. The zero-order chi connectivity index (χ0) is 11.3. The van der Waals surface area contributed by atoms with Gasteiger partial charge in [0.15, 0.2) is 0 Å². The van der Waals surface area contributed by atoms with Crippen LogP contribution in [0.4, 0.5) is 5.69 Å². The van der Waals surface area contributed by atoms with Crippen LogP contribution >= 0.6 is 0 Å². The standard InChI is InChI=1S/C11H16N2O2/c1-13-10-3-2-8(6-9(10)7-12)11(15)4-5-14/h2-3,6-7,11-15H,4-5H2,1H3. The van der Waals surface area contributed by atoms with Crippen LogP contribution < -0.4 is 5.32 Å². The third-order valence-corrected chi connectivity index (χ3v) is 2.29. The second-order valence-electron chi connectivity index (χ2n) is 3.27. The largest absolute Gasteiger partial charge is 0.396 e. The van der Waals surface area contributed by atoms with Gasteiger partial charge in [-0.05, 0) is 17.7 Å². The number of anilines is 1. The minimum absolute atomic E-state index is 0.0468. The first-order valence-corrected chi connectivity index (χ1v) is 4.84. The van der Waals surface area contributed by atoms with E-state index in [2.05, 4.69) is 5.32 Å². The Hall–Kier alpha value is -1.39. The van der Waals surface area contributed by atoms with Gasteiger partial charge in [0, 0.05) is 37.5 Å². The van der Waals surface area contributed by atoms with Crippen molar-refractivity contribution in [1.29, 1.82) is 5.41 Å². The second kappa shape index (κ2) is 5.48. The third kappa shape index (κ3) is 2.78. The van der Waals surface area contributed by atoms with Crippen LogP contribution in [0, 0.1) is 5.41 Å². The van der Waals surface area contributed by atoms with Crippen molar-refractivity contribution in [2.24, 2.45) is 0 Å². The van der Waals surface area contributed by atoms with Gasteiger partial charge < -0.3 is 20.9 Å². The van der Waals surface area contributed by atoms with Crippen LogP contribution in [0.3, 0.4) is 0 Å². The molecule has 4 N–H and O–H groups in total. The molecule has 0 heterocycles. The first kappa shape index (κ1) is 11.7. The van der Waals surface area contributed by atoms with E-state index in [0.717, 1.165) is 16.8 Å². The smallest absolute Gasteiger partial charge is 0.0812 e. The number of hydrogen-bond donors (Lipinski definition) is 4. The maximum atomic E-state index is 9.65. The van der Waals surface area contributed by atoms with E-state index in [1.807, 2.05) is 6.07 Å². The molecule has 0 saturated heterocycles. The summed E-state index contributed by atoms with van der Waals surface area (Å²) in [5.41, 5.74) is 2.30. The molecule has 0 aliphatic heterocycles. The molecular formula is C11H16N2O2. The summed E-state index contributed by atoms with van der Waals surface area (Å²) in [4.78, 5) is 0. The van der Waals surface area contributed by atoms with Crippen molar-refractivity contribution in [3.8, 4) is 0 Å². The fraction of sp³-hybridized carbons (Fsp3) is 0.364. The lowest BCUT2D eigenvalue weighted by Crippen LogP contribution is -2.02. The molecule has 0 aromatic heterocycles. The Morgan fingerprint density at radius 2 is 2.27 bits per heavy atom. The highest BCUT2D eigenvalue weighted by Gasteiger charge is 2.08. The Kier molecular flexibility index (Phi) is 4.27. The van der Waals surface area contributed by atoms with Crippen molar-refractivity contribution < 1.29 is 10.2 Å². The predicted molar refractivity (Wildman–Crippen MR) is 60.5 cm³/mol. The normalized spacial score (nSPS) is 12.2. The van der Waals surface area contributed by atoms with Crippen molar-refractivity contribution in [3.63, 3.8) is 0 Å². The molecule has 1 aromatic rings. The molecule has 0 fully saturated rings. The molecule has 1 atom stereocenters. The lowest BCUT2D eigenvalue weighted by Gasteiger charge is -2.12. The van der Waals surface area contributed by atoms with E-state index >= 15 is 0 Å². The first-order valence-electron chi connectivity index (χ1n) is 4.84. The Morgan fingerprint density at radius 3 is 2.80 bits per heavy atom. The number of hydrogen-bond acceptors (Lipinski definition) is 4. The lowest BCUT2D eigenvalue weighted by atomic mass is 10.0. The Morgan fingerprint density at radius 1 is 1.53 bits per heavy atom. The number of aliphatic hydroxyl groups is 2. The van der Waals surface area contributed by atoms with Crippen LogP contribution in [0.1, 0.15) is 23.7 Å². The number of rotatable bonds is 5. The van der Waals surface area contributed by atoms with E-state index in [9.17, 15) is 5.11 Å². The van der Waals surface area contributed by atoms with Crippen molar-refractivity contribution >= 4 is 11.9 Å². The summed E-state index contributed by atoms with van der Waals surface area (Å²) >= 11 is 0. The number of benzene rings is 1. The molecule has 1 unspecified atom stereocenters. The molecule has 15 heavy (non-hydrogen) atoms. The van der Waals surface area contributed by atoms with Crippen molar-refractivity contribution in [2.75, 3.05) is 19.0 Å². The monoisotopic (exact) mass is 208 g/mol. The lowest BCUT2D eigenvalue weighted by molar-refractivity contribution is 0.134. The maximum Gasteiger partial charge on any atom is 0.0812 e. The topological polar surface area (TPSA) is 76.3 Å². The average Bonchev–Trinajstić information content (AvgIpc) is 2.28. The van der Waals surface area contributed by atoms with Crippen molar-refractivity contribution in [2.45, 2.75) is 12.5 Å². The molecule has 4 heteroatoms. The van der Waals surface area contributed by atoms with E-state index in [1.54, 1.807) is 19.2 Å². The summed E-state index contributed by atoms with van der Waals surface area (Å²) < 4.78 is 0. The molecular weight excluding hydrogens is 192 g/mol. The fourth-order valence-corrected chi connectivity index (χ4v) is 1.42. The zero-order valence-electron chi connectivity index (χ0n) is 8.70. The quantitative estimate of drug-likeness (QED) is 0.548. The minimum Gasteiger partial charge on any atom is -0.396 e. The van der Waals surface area contributed by atoms with Gasteiger partial charge in [0.2, 0.25) is 0 Å². The summed E-state index contributed by atoms with van der Waals surface area (Å²) in [6.07, 6.45) is 0.886. The van der Waals surface area contributed by atoms with Gasteiger partial charge >= 0.3 is 0 Å². The highest BCUT2D eigenvalue weighted by Crippen LogP contribution is 2.21. The van der Waals surface area contributed by atoms with Crippen LogP contribution in [0.25, 0.3) is 0 Å². The zero-order valence-corrected chi connectivity index (χ0v) is 8.70. The van der Waals surface area contributed by atoms with Crippen LogP contribution in [0.2, 0.25) is 0 Å². The summed E-state index contributed by atoms with van der Waals surface area (Å²) in [6.45, 7) is -0.0468. The predicted octanol–water partition coefficient (Wildman–Crippen LogP) is 1.14. The Balaban J connectivity index is 2.97. The van der Waals surface area contributed by atoms with Crippen molar-refractivity contribution in [1.82, 2.24) is 0 Å². The molecule has 1 aromatic carbocycles. The van der Waals surface area contributed by atoms with E-state index in [4.69, 9.17) is 10.5 Å². The van der Waals surface area contributed by atoms with Gasteiger partial charge in [-0.1, -0.05) is 6.07 Å². The highest BCUT2D eigenvalue weighted by atomic mass is 16.3. The highest BCUT2D eigenvalue weighted by molar-refractivity contribution is 5.86. The number of aliphatic hydroxyl groups excluding tert-OH is 2. The van der Waals surface area contributed by atoms with Gasteiger partial charge in [0.1, 0.15) is 0 Å². The summed E-state index contributed by atoms with van der Waals surface area (Å²) in [5, 5.41) is 28.6. The van der Waals surface area contributed by atoms with Gasteiger partial charge in [0.25, 0.3) is 0 Å². The Labute approximate surface area is 89.1 Å². The van der Waals surface area contributed by atoms with Crippen LogP contribution in [-0.2, 0) is 0 Å². The van der Waals surface area contributed by atoms with Gasteiger partial charge in [-0.3, -0.25) is 0 Å². The average molecular weight is 208 g/mol. The van der Waals surface area contributed by atoms with E-state index < -0.39 is 6.10 Å². The van der Waals surface area contributed by atoms with Crippen molar-refractivity contribution in [3.05, 3.63) is 29.3 Å². The van der Waals surface area contributed by atoms with Crippen LogP contribution in [0.5, 0.6) is 0 Å². The Bertz CT molecular complexity index is 339. The molecule has 4 nitrogen and oxygen atoms in total. The second-order valence-corrected chi connectivity index (χ2v) is 3.27. The van der Waals surface area contributed by atoms with Gasteiger partial charge in [-0.25, -0.2) is 0 Å². The molecule has 1 rings (SSSR count). The minimum atomic E-state index is -0.667.